The van der Waals surface area contributed by atoms with Gasteiger partial charge in [0.25, 0.3) is 5.91 Å². The predicted molar refractivity (Wildman–Crippen MR) is 109 cm³/mol. The molecule has 1 aliphatic rings. The highest BCUT2D eigenvalue weighted by Crippen LogP contribution is 2.30. The van der Waals surface area contributed by atoms with Crippen molar-refractivity contribution in [1.82, 2.24) is 9.88 Å². The summed E-state index contributed by atoms with van der Waals surface area (Å²) >= 11 is 6.15. The fourth-order valence-corrected chi connectivity index (χ4v) is 3.64. The van der Waals surface area contributed by atoms with Gasteiger partial charge in [-0.2, -0.15) is 0 Å². The lowest BCUT2D eigenvalue weighted by atomic mass is 10.2. The quantitative estimate of drug-likeness (QED) is 0.696. The van der Waals surface area contributed by atoms with Gasteiger partial charge in [-0.25, -0.2) is 4.79 Å². The number of carbonyl (C=O) groups is 2. The topological polar surface area (TPSA) is 78.8 Å². The van der Waals surface area contributed by atoms with E-state index in [1.807, 2.05) is 11.5 Å². The van der Waals surface area contributed by atoms with Crippen LogP contribution in [0.2, 0.25) is 5.02 Å². The molecule has 1 saturated heterocycles. The number of esters is 1. The van der Waals surface area contributed by atoms with E-state index in [4.69, 9.17) is 25.8 Å². The van der Waals surface area contributed by atoms with Crippen LogP contribution in [0.1, 0.15) is 34.6 Å². The first-order valence-electron chi connectivity index (χ1n) is 9.49. The van der Waals surface area contributed by atoms with Crippen LogP contribution < -0.4 is 10.1 Å². The van der Waals surface area contributed by atoms with Gasteiger partial charge in [0.05, 0.1) is 24.5 Å². The van der Waals surface area contributed by atoms with E-state index >= 15 is 0 Å². The molecule has 0 bridgehead atoms. The lowest BCUT2D eigenvalue weighted by molar-refractivity contribution is -0.124. The van der Waals surface area contributed by atoms with Crippen molar-refractivity contribution in [3.8, 4) is 11.4 Å². The number of carbonyl (C=O) groups excluding carboxylic acids is 2. The lowest BCUT2D eigenvalue weighted by Gasteiger charge is -2.14. The van der Waals surface area contributed by atoms with Gasteiger partial charge in [-0.1, -0.05) is 11.6 Å². The van der Waals surface area contributed by atoms with Crippen molar-refractivity contribution in [3.63, 3.8) is 0 Å². The fourth-order valence-electron chi connectivity index (χ4n) is 3.47. The van der Waals surface area contributed by atoms with Gasteiger partial charge in [-0.15, -0.1) is 0 Å². The number of halogens is 1. The van der Waals surface area contributed by atoms with Crippen molar-refractivity contribution in [3.05, 3.63) is 46.2 Å². The molecular weight excluding hydrogens is 396 g/mol. The number of nitrogens with zero attached hydrogens (tertiary/aromatic N) is 1. The Morgan fingerprint density at radius 2 is 2.10 bits per heavy atom. The van der Waals surface area contributed by atoms with Gasteiger partial charge in [-0.3, -0.25) is 4.79 Å². The zero-order valence-corrected chi connectivity index (χ0v) is 17.5. The molecule has 1 fully saturated rings. The maximum atomic E-state index is 12.6. The number of hydrogen-bond acceptors (Lipinski definition) is 5. The molecule has 3 rings (SSSR count). The van der Waals surface area contributed by atoms with E-state index in [-0.39, 0.29) is 18.6 Å². The van der Waals surface area contributed by atoms with Crippen LogP contribution >= 0.6 is 11.6 Å². The number of aromatic nitrogens is 1. The number of rotatable bonds is 7. The van der Waals surface area contributed by atoms with Crippen molar-refractivity contribution >= 4 is 23.5 Å². The normalized spacial score (nSPS) is 15.9. The Morgan fingerprint density at radius 3 is 2.79 bits per heavy atom. The molecule has 8 heteroatoms. The third-order valence-corrected chi connectivity index (χ3v) is 5.15. The molecule has 0 radical (unpaired) electrons. The second kappa shape index (κ2) is 9.33. The summed E-state index contributed by atoms with van der Waals surface area (Å²) in [6.07, 6.45) is 1.97. The maximum Gasteiger partial charge on any atom is 0.340 e. The molecule has 156 valence electrons. The average molecular weight is 421 g/mol. The SMILES string of the molecule is COc1ccc(Cl)cc1-n1c(C)cc(C(=O)OCC(=O)NC[C@H]2CCCO2)c1C. The summed E-state index contributed by atoms with van der Waals surface area (Å²) in [6.45, 7) is 4.50. The Labute approximate surface area is 174 Å². The number of hydrogen-bond donors (Lipinski definition) is 1. The van der Waals surface area contributed by atoms with Gasteiger partial charge in [-0.05, 0) is 51.0 Å². The maximum absolute atomic E-state index is 12.6. The summed E-state index contributed by atoms with van der Waals surface area (Å²) in [5.74, 6) is -0.276. The van der Waals surface area contributed by atoms with Crippen LogP contribution in [0.3, 0.4) is 0 Å². The Hall–Kier alpha value is -2.51. The molecule has 1 aromatic carbocycles. The molecule has 1 amide bonds. The van der Waals surface area contributed by atoms with Crippen molar-refractivity contribution < 1.29 is 23.8 Å². The van der Waals surface area contributed by atoms with Crippen LogP contribution in [-0.4, -0.2) is 49.4 Å². The van der Waals surface area contributed by atoms with Crippen LogP contribution in [0.15, 0.2) is 24.3 Å². The van der Waals surface area contributed by atoms with Crippen LogP contribution in [0.5, 0.6) is 5.75 Å². The van der Waals surface area contributed by atoms with E-state index in [2.05, 4.69) is 5.32 Å². The molecule has 1 atom stereocenters. The van der Waals surface area contributed by atoms with E-state index in [0.29, 0.717) is 28.6 Å². The minimum atomic E-state index is -0.558. The predicted octanol–water partition coefficient (Wildman–Crippen LogP) is 3.21. The van der Waals surface area contributed by atoms with E-state index in [1.165, 1.54) is 0 Å². The number of nitrogens with one attached hydrogen (secondary N) is 1. The summed E-state index contributed by atoms with van der Waals surface area (Å²) in [7, 11) is 1.57. The van der Waals surface area contributed by atoms with Crippen molar-refractivity contribution in [2.24, 2.45) is 0 Å². The van der Waals surface area contributed by atoms with Crippen LogP contribution in [0.4, 0.5) is 0 Å². The molecule has 0 spiro atoms. The summed E-state index contributed by atoms with van der Waals surface area (Å²) < 4.78 is 18.0. The fraction of sp³-hybridized carbons (Fsp3) is 0.429. The van der Waals surface area contributed by atoms with Gasteiger partial charge in [0.15, 0.2) is 6.61 Å². The minimum absolute atomic E-state index is 0.0428. The monoisotopic (exact) mass is 420 g/mol. The lowest BCUT2D eigenvalue weighted by Crippen LogP contribution is -2.34. The van der Waals surface area contributed by atoms with Crippen LogP contribution in [0.25, 0.3) is 5.69 Å². The highest BCUT2D eigenvalue weighted by atomic mass is 35.5. The summed E-state index contributed by atoms with van der Waals surface area (Å²) in [4.78, 5) is 24.5. The number of amides is 1. The van der Waals surface area contributed by atoms with Crippen molar-refractivity contribution in [2.45, 2.75) is 32.8 Å². The van der Waals surface area contributed by atoms with Crippen molar-refractivity contribution in [2.75, 3.05) is 26.9 Å². The van der Waals surface area contributed by atoms with Gasteiger partial charge < -0.3 is 24.1 Å². The second-order valence-corrected chi connectivity index (χ2v) is 7.39. The van der Waals surface area contributed by atoms with Gasteiger partial charge in [0.1, 0.15) is 5.75 Å². The first kappa shape index (κ1) is 21.2. The minimum Gasteiger partial charge on any atom is -0.495 e. The Morgan fingerprint density at radius 1 is 1.31 bits per heavy atom. The average Bonchev–Trinajstić information content (AvgIpc) is 3.32. The largest absolute Gasteiger partial charge is 0.495 e. The Kier molecular flexibility index (Phi) is 6.82. The highest BCUT2D eigenvalue weighted by molar-refractivity contribution is 6.30. The molecule has 2 aromatic rings. The van der Waals surface area contributed by atoms with Crippen molar-refractivity contribution in [1.29, 1.82) is 0 Å². The standard InChI is InChI=1S/C21H25ClN2O5/c1-13-9-17(14(2)24(13)18-10-15(22)6-7-19(18)27-3)21(26)29-12-20(25)23-11-16-5-4-8-28-16/h6-7,9-10,16H,4-5,8,11-12H2,1-3H3,(H,23,25)/t16-/m1/s1. The summed E-state index contributed by atoms with van der Waals surface area (Å²) in [5, 5.41) is 3.29. The Balaban J connectivity index is 1.68. The number of ether oxygens (including phenoxy) is 3. The summed E-state index contributed by atoms with van der Waals surface area (Å²) in [6, 6.07) is 7.01. The van der Waals surface area contributed by atoms with Gasteiger partial charge in [0, 0.05) is 29.6 Å². The van der Waals surface area contributed by atoms with Gasteiger partial charge >= 0.3 is 5.97 Å². The number of aryl methyl sites for hydroxylation is 1. The molecule has 0 unspecified atom stereocenters. The van der Waals surface area contributed by atoms with E-state index in [1.54, 1.807) is 38.3 Å². The third kappa shape index (κ3) is 4.92. The van der Waals surface area contributed by atoms with Crippen LogP contribution in [-0.2, 0) is 14.3 Å². The first-order valence-corrected chi connectivity index (χ1v) is 9.86. The van der Waals surface area contributed by atoms with E-state index < -0.39 is 5.97 Å². The third-order valence-electron chi connectivity index (χ3n) is 4.92. The molecule has 1 aliphatic heterocycles. The highest BCUT2D eigenvalue weighted by Gasteiger charge is 2.21. The molecule has 0 aliphatic carbocycles. The molecule has 7 nitrogen and oxygen atoms in total. The number of methoxy groups -OCH3 is 1. The molecule has 1 N–H and O–H groups in total. The smallest absolute Gasteiger partial charge is 0.340 e. The molecular formula is C21H25ClN2O5. The molecule has 29 heavy (non-hydrogen) atoms. The van der Waals surface area contributed by atoms with Gasteiger partial charge in [0.2, 0.25) is 0 Å². The Bertz CT molecular complexity index is 903. The number of benzene rings is 1. The van der Waals surface area contributed by atoms with Crippen LogP contribution in [0, 0.1) is 13.8 Å². The van der Waals surface area contributed by atoms with E-state index in [0.717, 1.165) is 30.8 Å². The second-order valence-electron chi connectivity index (χ2n) is 6.95. The molecule has 1 aromatic heterocycles. The zero-order chi connectivity index (χ0) is 21.0. The molecule has 0 saturated carbocycles. The first-order chi connectivity index (χ1) is 13.9. The van der Waals surface area contributed by atoms with E-state index in [9.17, 15) is 9.59 Å². The molecule has 2 heterocycles. The zero-order valence-electron chi connectivity index (χ0n) is 16.8. The summed E-state index contributed by atoms with van der Waals surface area (Å²) in [5.41, 5.74) is 2.60.